The minimum Gasteiger partial charge on any atom is -0.357 e. The van der Waals surface area contributed by atoms with Gasteiger partial charge in [0.15, 0.2) is 5.96 Å². The van der Waals surface area contributed by atoms with Gasteiger partial charge >= 0.3 is 0 Å². The third-order valence-electron chi connectivity index (χ3n) is 4.39. The summed E-state index contributed by atoms with van der Waals surface area (Å²) in [5, 5.41) is 8.85. The Balaban J connectivity index is 0.00000243. The van der Waals surface area contributed by atoms with E-state index in [0.29, 0.717) is 6.54 Å². The molecule has 2 N–H and O–H groups in total. The van der Waals surface area contributed by atoms with E-state index in [1.54, 1.807) is 11.3 Å². The molecule has 0 bridgehead atoms. The fourth-order valence-corrected chi connectivity index (χ4v) is 3.75. The molecule has 1 saturated heterocycles. The van der Waals surface area contributed by atoms with Crippen LogP contribution in [0.15, 0.2) is 34.8 Å². The molecule has 0 aromatic carbocycles. The Morgan fingerprint density at radius 2 is 2.04 bits per heavy atom. The summed E-state index contributed by atoms with van der Waals surface area (Å²) in [6.07, 6.45) is 4.49. The second kappa shape index (κ2) is 10.7. The Bertz CT molecular complexity index is 692. The Labute approximate surface area is 177 Å². The van der Waals surface area contributed by atoms with Crippen LogP contribution in [-0.4, -0.2) is 30.6 Å². The third kappa shape index (κ3) is 5.84. The number of halogens is 1. The van der Waals surface area contributed by atoms with Crippen molar-refractivity contribution in [3.63, 3.8) is 0 Å². The maximum absolute atomic E-state index is 4.69. The number of nitrogens with zero attached hydrogens (tertiary/aromatic N) is 3. The smallest absolute Gasteiger partial charge is 0.191 e. The van der Waals surface area contributed by atoms with Gasteiger partial charge in [-0.15, -0.1) is 35.3 Å². The molecule has 1 aliphatic heterocycles. The lowest BCUT2D eigenvalue weighted by Gasteiger charge is -2.16. The van der Waals surface area contributed by atoms with Gasteiger partial charge in [-0.3, -0.25) is 0 Å². The molecule has 1 aliphatic rings. The predicted molar refractivity (Wildman–Crippen MR) is 122 cm³/mol. The number of guanidine groups is 1. The average Bonchev–Trinajstić information content (AvgIpc) is 3.30. The fourth-order valence-electron chi connectivity index (χ4n) is 2.90. The topological polar surface area (TPSA) is 52.6 Å². The lowest BCUT2D eigenvalue weighted by molar-refractivity contribution is 0.820. The molecular formula is C19H28IN5S. The molecule has 26 heavy (non-hydrogen) atoms. The zero-order valence-electron chi connectivity index (χ0n) is 15.5. The van der Waals surface area contributed by atoms with Gasteiger partial charge in [0.25, 0.3) is 0 Å². The number of aliphatic imine (C=N–C) groups is 1. The highest BCUT2D eigenvalue weighted by molar-refractivity contribution is 14.0. The van der Waals surface area contributed by atoms with Crippen molar-refractivity contribution in [2.75, 3.05) is 24.5 Å². The summed E-state index contributed by atoms with van der Waals surface area (Å²) in [5.74, 6) is 1.93. The summed E-state index contributed by atoms with van der Waals surface area (Å²) in [4.78, 5) is 13.0. The highest BCUT2D eigenvalue weighted by Gasteiger charge is 2.12. The minimum absolute atomic E-state index is 0. The standard InChI is InChI=1S/C19H27N5S.HI/c1-3-20-19(23-14-17-15(2)8-11-25-17)22-13-16-6-7-18(21-12-16)24-9-4-5-10-24;/h6-8,11-12H,3-5,9-10,13-14H2,1-2H3,(H2,20,22,23);1H. The highest BCUT2D eigenvalue weighted by Crippen LogP contribution is 2.18. The monoisotopic (exact) mass is 485 g/mol. The normalized spacial score (nSPS) is 14.2. The van der Waals surface area contributed by atoms with Crippen molar-refractivity contribution < 1.29 is 0 Å². The van der Waals surface area contributed by atoms with Crippen molar-refractivity contribution in [2.24, 2.45) is 4.99 Å². The first kappa shape index (κ1) is 21.0. The lowest BCUT2D eigenvalue weighted by Crippen LogP contribution is -2.36. The van der Waals surface area contributed by atoms with Crippen molar-refractivity contribution in [3.05, 3.63) is 45.8 Å². The zero-order valence-corrected chi connectivity index (χ0v) is 18.6. The van der Waals surface area contributed by atoms with Gasteiger partial charge in [0, 0.05) is 30.7 Å². The zero-order chi connectivity index (χ0) is 17.5. The van der Waals surface area contributed by atoms with E-state index in [-0.39, 0.29) is 24.0 Å². The molecule has 2 aromatic heterocycles. The second-order valence-electron chi connectivity index (χ2n) is 6.29. The number of anilines is 1. The molecule has 0 unspecified atom stereocenters. The number of aromatic nitrogens is 1. The summed E-state index contributed by atoms with van der Waals surface area (Å²) in [6.45, 7) is 8.77. The molecule has 0 saturated carbocycles. The summed E-state index contributed by atoms with van der Waals surface area (Å²) < 4.78 is 0. The van der Waals surface area contributed by atoms with Crippen LogP contribution in [0.2, 0.25) is 0 Å². The van der Waals surface area contributed by atoms with Crippen molar-refractivity contribution in [1.29, 1.82) is 0 Å². The van der Waals surface area contributed by atoms with Crippen LogP contribution in [0.25, 0.3) is 0 Å². The van der Waals surface area contributed by atoms with Crippen LogP contribution in [0, 0.1) is 6.92 Å². The van der Waals surface area contributed by atoms with E-state index in [0.717, 1.165) is 43.5 Å². The Morgan fingerprint density at radius 3 is 2.65 bits per heavy atom. The molecule has 142 valence electrons. The molecular weight excluding hydrogens is 457 g/mol. The molecule has 3 rings (SSSR count). The number of rotatable bonds is 6. The van der Waals surface area contributed by atoms with Crippen molar-refractivity contribution in [2.45, 2.75) is 39.8 Å². The number of hydrogen-bond donors (Lipinski definition) is 2. The van der Waals surface area contributed by atoms with E-state index >= 15 is 0 Å². The SMILES string of the molecule is CCNC(=NCc1ccc(N2CCCC2)nc1)NCc1sccc1C.I. The van der Waals surface area contributed by atoms with Crippen molar-refractivity contribution in [3.8, 4) is 0 Å². The van der Waals surface area contributed by atoms with E-state index in [1.807, 2.05) is 6.20 Å². The quantitative estimate of drug-likeness (QED) is 0.370. The van der Waals surface area contributed by atoms with Crippen LogP contribution in [0.1, 0.15) is 35.8 Å². The minimum atomic E-state index is 0. The molecule has 2 aromatic rings. The molecule has 0 atom stereocenters. The van der Waals surface area contributed by atoms with Crippen LogP contribution in [0.5, 0.6) is 0 Å². The van der Waals surface area contributed by atoms with Gasteiger partial charge in [-0.1, -0.05) is 6.07 Å². The van der Waals surface area contributed by atoms with Crippen LogP contribution >= 0.6 is 35.3 Å². The Morgan fingerprint density at radius 1 is 1.23 bits per heavy atom. The molecule has 5 nitrogen and oxygen atoms in total. The van der Waals surface area contributed by atoms with E-state index in [9.17, 15) is 0 Å². The Kier molecular flexibility index (Phi) is 8.64. The maximum Gasteiger partial charge on any atom is 0.191 e. The predicted octanol–water partition coefficient (Wildman–Crippen LogP) is 3.93. The first-order valence-electron chi connectivity index (χ1n) is 9.01. The highest BCUT2D eigenvalue weighted by atomic mass is 127. The van der Waals surface area contributed by atoms with E-state index in [4.69, 9.17) is 0 Å². The first-order chi connectivity index (χ1) is 12.3. The number of pyridine rings is 1. The van der Waals surface area contributed by atoms with Gasteiger partial charge in [0.2, 0.25) is 0 Å². The number of aryl methyl sites for hydroxylation is 1. The summed E-state index contributed by atoms with van der Waals surface area (Å²) in [6, 6.07) is 6.40. The largest absolute Gasteiger partial charge is 0.357 e. The number of hydrogen-bond acceptors (Lipinski definition) is 4. The van der Waals surface area contributed by atoms with Gasteiger partial charge < -0.3 is 15.5 Å². The average molecular weight is 485 g/mol. The molecule has 0 spiro atoms. The molecule has 1 fully saturated rings. The van der Waals surface area contributed by atoms with Gasteiger partial charge in [-0.05, 0) is 55.3 Å². The Hall–Kier alpha value is -1.35. The van der Waals surface area contributed by atoms with E-state index in [1.165, 1.54) is 23.3 Å². The first-order valence-corrected chi connectivity index (χ1v) is 9.89. The van der Waals surface area contributed by atoms with Gasteiger partial charge in [0.1, 0.15) is 5.82 Å². The molecule has 0 radical (unpaired) electrons. The van der Waals surface area contributed by atoms with Crippen LogP contribution in [-0.2, 0) is 13.1 Å². The van der Waals surface area contributed by atoms with Gasteiger partial charge in [-0.25, -0.2) is 9.98 Å². The maximum atomic E-state index is 4.69. The van der Waals surface area contributed by atoms with Crippen LogP contribution in [0.3, 0.4) is 0 Å². The third-order valence-corrected chi connectivity index (χ3v) is 5.41. The van der Waals surface area contributed by atoms with E-state index in [2.05, 4.69) is 62.9 Å². The number of nitrogens with one attached hydrogen (secondary N) is 2. The van der Waals surface area contributed by atoms with E-state index < -0.39 is 0 Å². The molecule has 0 amide bonds. The van der Waals surface area contributed by atoms with Crippen LogP contribution < -0.4 is 15.5 Å². The summed E-state index contributed by atoms with van der Waals surface area (Å²) >= 11 is 1.78. The summed E-state index contributed by atoms with van der Waals surface area (Å²) in [7, 11) is 0. The molecule has 3 heterocycles. The fraction of sp³-hybridized carbons (Fsp3) is 0.474. The van der Waals surface area contributed by atoms with Crippen molar-refractivity contribution >= 4 is 47.1 Å². The molecule has 7 heteroatoms. The number of thiophene rings is 1. The lowest BCUT2D eigenvalue weighted by atomic mass is 10.3. The van der Waals surface area contributed by atoms with Gasteiger partial charge in [0.05, 0.1) is 13.1 Å². The van der Waals surface area contributed by atoms with Crippen LogP contribution in [0.4, 0.5) is 5.82 Å². The molecule has 0 aliphatic carbocycles. The van der Waals surface area contributed by atoms with Gasteiger partial charge in [-0.2, -0.15) is 0 Å². The summed E-state index contributed by atoms with van der Waals surface area (Å²) in [5.41, 5.74) is 2.46. The second-order valence-corrected chi connectivity index (χ2v) is 7.29. The van der Waals surface area contributed by atoms with Crippen molar-refractivity contribution in [1.82, 2.24) is 15.6 Å².